The molecule has 0 saturated heterocycles. The fourth-order valence-corrected chi connectivity index (χ4v) is 2.01. The molecule has 2 rings (SSSR count). The fraction of sp³-hybridized carbons (Fsp3) is 0.357. The summed E-state index contributed by atoms with van der Waals surface area (Å²) in [6.07, 6.45) is 4.72. The van der Waals surface area contributed by atoms with Crippen LogP contribution in [0.25, 0.3) is 0 Å². The number of aryl methyl sites for hydroxylation is 3. The monoisotopic (exact) mass is 229 g/mol. The lowest BCUT2D eigenvalue weighted by atomic mass is 10.1. The maximum Gasteiger partial charge on any atom is 0.0948 e. The lowest BCUT2D eigenvalue weighted by Gasteiger charge is -2.10. The molecule has 17 heavy (non-hydrogen) atoms. The second kappa shape index (κ2) is 5.15. The number of rotatable bonds is 4. The molecule has 0 saturated carbocycles. The molecule has 2 aromatic rings. The molecule has 3 nitrogen and oxygen atoms in total. The molecular weight excluding hydrogens is 210 g/mol. The van der Waals surface area contributed by atoms with Crippen LogP contribution in [-0.4, -0.2) is 9.55 Å². The van der Waals surface area contributed by atoms with Gasteiger partial charge in [-0.1, -0.05) is 29.8 Å². The first-order valence-corrected chi connectivity index (χ1v) is 5.98. The van der Waals surface area contributed by atoms with Gasteiger partial charge in [0.2, 0.25) is 0 Å². The zero-order valence-corrected chi connectivity index (χ0v) is 10.4. The van der Waals surface area contributed by atoms with E-state index in [1.165, 1.54) is 11.1 Å². The number of hydrogen-bond acceptors (Lipinski definition) is 2. The standard InChI is InChI=1S/C14H19N3/c1-11-4-3-5-13(8-11)6-7-17-10-16-9-14(17)12(2)15/h3-5,8-10,12H,6-7,15H2,1-2H3/t12-/m0/s1. The van der Waals surface area contributed by atoms with Gasteiger partial charge >= 0.3 is 0 Å². The van der Waals surface area contributed by atoms with Gasteiger partial charge in [0.05, 0.1) is 12.0 Å². The summed E-state index contributed by atoms with van der Waals surface area (Å²) in [5.74, 6) is 0. The molecule has 3 heteroatoms. The molecule has 1 aromatic heterocycles. The molecule has 2 N–H and O–H groups in total. The number of hydrogen-bond donors (Lipinski definition) is 1. The Bertz CT molecular complexity index is 486. The molecule has 1 heterocycles. The molecule has 1 aromatic carbocycles. The van der Waals surface area contributed by atoms with Crippen LogP contribution in [0.15, 0.2) is 36.8 Å². The fourth-order valence-electron chi connectivity index (χ4n) is 2.01. The van der Waals surface area contributed by atoms with Crippen molar-refractivity contribution in [3.05, 3.63) is 53.6 Å². The predicted molar refractivity (Wildman–Crippen MR) is 69.7 cm³/mol. The number of nitrogens with two attached hydrogens (primary N) is 1. The average molecular weight is 229 g/mol. The summed E-state index contributed by atoms with van der Waals surface area (Å²) in [5.41, 5.74) is 9.65. The van der Waals surface area contributed by atoms with E-state index in [0.717, 1.165) is 18.7 Å². The lowest BCUT2D eigenvalue weighted by molar-refractivity contribution is 0.624. The molecule has 0 aliphatic carbocycles. The average Bonchev–Trinajstić information content (AvgIpc) is 2.74. The molecule has 0 aliphatic heterocycles. The quantitative estimate of drug-likeness (QED) is 0.875. The van der Waals surface area contributed by atoms with Gasteiger partial charge in [-0.25, -0.2) is 4.98 Å². The van der Waals surface area contributed by atoms with Crippen molar-refractivity contribution in [1.29, 1.82) is 0 Å². The van der Waals surface area contributed by atoms with E-state index in [1.54, 1.807) is 0 Å². The second-order valence-electron chi connectivity index (χ2n) is 4.54. The van der Waals surface area contributed by atoms with Gasteiger partial charge in [0.25, 0.3) is 0 Å². The van der Waals surface area contributed by atoms with Crippen LogP contribution < -0.4 is 5.73 Å². The molecule has 0 aliphatic rings. The van der Waals surface area contributed by atoms with Crippen LogP contribution in [0.1, 0.15) is 29.8 Å². The van der Waals surface area contributed by atoms with Crippen LogP contribution in [0.2, 0.25) is 0 Å². The first-order valence-electron chi connectivity index (χ1n) is 5.98. The van der Waals surface area contributed by atoms with Crippen LogP contribution in [0.4, 0.5) is 0 Å². The van der Waals surface area contributed by atoms with Gasteiger partial charge in [-0.2, -0.15) is 0 Å². The minimum absolute atomic E-state index is 0.0370. The van der Waals surface area contributed by atoms with Crippen molar-refractivity contribution in [2.24, 2.45) is 5.73 Å². The van der Waals surface area contributed by atoms with Gasteiger partial charge < -0.3 is 10.3 Å². The summed E-state index contributed by atoms with van der Waals surface area (Å²) in [6, 6.07) is 8.65. The zero-order chi connectivity index (χ0) is 12.3. The molecule has 0 bridgehead atoms. The minimum atomic E-state index is 0.0370. The summed E-state index contributed by atoms with van der Waals surface area (Å²) in [7, 11) is 0. The van der Waals surface area contributed by atoms with Crippen molar-refractivity contribution in [3.8, 4) is 0 Å². The summed E-state index contributed by atoms with van der Waals surface area (Å²) < 4.78 is 2.13. The van der Waals surface area contributed by atoms with Crippen LogP contribution in [0, 0.1) is 6.92 Å². The first kappa shape index (κ1) is 11.9. The van der Waals surface area contributed by atoms with Gasteiger partial charge in [0.15, 0.2) is 0 Å². The second-order valence-corrected chi connectivity index (χ2v) is 4.54. The van der Waals surface area contributed by atoms with Crippen molar-refractivity contribution in [3.63, 3.8) is 0 Å². The van der Waals surface area contributed by atoms with E-state index in [1.807, 2.05) is 19.4 Å². The third-order valence-electron chi connectivity index (χ3n) is 2.93. The number of aromatic nitrogens is 2. The Labute approximate surface area is 102 Å². The maximum absolute atomic E-state index is 5.89. The molecule has 1 atom stereocenters. The lowest BCUT2D eigenvalue weighted by Crippen LogP contribution is -2.12. The zero-order valence-electron chi connectivity index (χ0n) is 10.4. The number of benzene rings is 1. The molecule has 0 fully saturated rings. The highest BCUT2D eigenvalue weighted by molar-refractivity contribution is 5.22. The van der Waals surface area contributed by atoms with Gasteiger partial charge in [0, 0.05) is 18.8 Å². The van der Waals surface area contributed by atoms with E-state index < -0.39 is 0 Å². The van der Waals surface area contributed by atoms with Crippen molar-refractivity contribution < 1.29 is 0 Å². The van der Waals surface area contributed by atoms with Gasteiger partial charge in [0.1, 0.15) is 0 Å². The van der Waals surface area contributed by atoms with Crippen molar-refractivity contribution >= 4 is 0 Å². The summed E-state index contributed by atoms with van der Waals surface area (Å²) in [5, 5.41) is 0. The molecule has 0 radical (unpaired) electrons. The Morgan fingerprint density at radius 1 is 1.41 bits per heavy atom. The van der Waals surface area contributed by atoms with Crippen LogP contribution in [0.5, 0.6) is 0 Å². The highest BCUT2D eigenvalue weighted by atomic mass is 15.1. The van der Waals surface area contributed by atoms with E-state index in [2.05, 4.69) is 40.7 Å². The van der Waals surface area contributed by atoms with Crippen molar-refractivity contribution in [1.82, 2.24) is 9.55 Å². The number of imidazole rings is 1. The molecular formula is C14H19N3. The third kappa shape index (κ3) is 2.94. The van der Waals surface area contributed by atoms with Crippen molar-refractivity contribution in [2.45, 2.75) is 32.9 Å². The van der Waals surface area contributed by atoms with E-state index in [-0.39, 0.29) is 6.04 Å². The van der Waals surface area contributed by atoms with Gasteiger partial charge in [-0.15, -0.1) is 0 Å². The molecule has 0 amide bonds. The Morgan fingerprint density at radius 2 is 2.24 bits per heavy atom. The van der Waals surface area contributed by atoms with Crippen LogP contribution >= 0.6 is 0 Å². The SMILES string of the molecule is Cc1cccc(CCn2cncc2[C@H](C)N)c1. The molecule has 90 valence electrons. The topological polar surface area (TPSA) is 43.8 Å². The summed E-state index contributed by atoms with van der Waals surface area (Å²) >= 11 is 0. The normalized spacial score (nSPS) is 12.6. The summed E-state index contributed by atoms with van der Waals surface area (Å²) in [6.45, 7) is 5.04. The Hall–Kier alpha value is -1.61. The van der Waals surface area contributed by atoms with Crippen LogP contribution in [-0.2, 0) is 13.0 Å². The Balaban J connectivity index is 2.05. The van der Waals surface area contributed by atoms with Crippen molar-refractivity contribution in [2.75, 3.05) is 0 Å². The van der Waals surface area contributed by atoms with E-state index in [0.29, 0.717) is 0 Å². The van der Waals surface area contributed by atoms with Crippen LogP contribution in [0.3, 0.4) is 0 Å². The summed E-state index contributed by atoms with van der Waals surface area (Å²) in [4.78, 5) is 4.16. The number of nitrogens with zero attached hydrogens (tertiary/aromatic N) is 2. The highest BCUT2D eigenvalue weighted by Crippen LogP contribution is 2.11. The minimum Gasteiger partial charge on any atom is -0.333 e. The van der Waals surface area contributed by atoms with E-state index in [9.17, 15) is 0 Å². The molecule has 0 unspecified atom stereocenters. The van der Waals surface area contributed by atoms with E-state index in [4.69, 9.17) is 5.73 Å². The smallest absolute Gasteiger partial charge is 0.0948 e. The predicted octanol–water partition coefficient (Wildman–Crippen LogP) is 2.45. The third-order valence-corrected chi connectivity index (χ3v) is 2.93. The highest BCUT2D eigenvalue weighted by Gasteiger charge is 2.06. The maximum atomic E-state index is 5.89. The first-order chi connectivity index (χ1) is 8.16. The Morgan fingerprint density at radius 3 is 2.94 bits per heavy atom. The van der Waals surface area contributed by atoms with E-state index >= 15 is 0 Å². The van der Waals surface area contributed by atoms with Gasteiger partial charge in [-0.05, 0) is 25.8 Å². The Kier molecular flexibility index (Phi) is 3.59. The molecule has 0 spiro atoms. The van der Waals surface area contributed by atoms with Gasteiger partial charge in [-0.3, -0.25) is 0 Å². The largest absolute Gasteiger partial charge is 0.333 e.